The summed E-state index contributed by atoms with van der Waals surface area (Å²) in [7, 11) is 3.71. The molecule has 4 nitrogen and oxygen atoms in total. The van der Waals surface area contributed by atoms with E-state index in [0.717, 1.165) is 11.3 Å². The fourth-order valence-electron chi connectivity index (χ4n) is 1.25. The number of nitrogens with zero attached hydrogens (tertiary/aromatic N) is 1. The van der Waals surface area contributed by atoms with Crippen LogP contribution in [0, 0.1) is 6.92 Å². The molecular weight excluding hydrogens is 190 g/mol. The minimum Gasteiger partial charge on any atom is -0.399 e. The van der Waals surface area contributed by atoms with E-state index in [1.165, 1.54) is 0 Å². The third-order valence-corrected chi connectivity index (χ3v) is 2.00. The largest absolute Gasteiger partial charge is 0.399 e. The van der Waals surface area contributed by atoms with Gasteiger partial charge in [-0.15, -0.1) is 0 Å². The van der Waals surface area contributed by atoms with Crippen LogP contribution >= 0.6 is 0 Å². The molecule has 0 saturated heterocycles. The summed E-state index contributed by atoms with van der Waals surface area (Å²) in [6.07, 6.45) is 0. The van der Waals surface area contributed by atoms with Crippen molar-refractivity contribution in [1.29, 1.82) is 0 Å². The first-order valence-electron chi connectivity index (χ1n) is 4.80. The molecule has 0 aliphatic rings. The molecule has 0 saturated carbocycles. The van der Waals surface area contributed by atoms with Crippen LogP contribution < -0.4 is 11.1 Å². The summed E-state index contributed by atoms with van der Waals surface area (Å²) in [5.74, 6) is -0.0336. The molecule has 0 fully saturated rings. The Balaban J connectivity index is 2.71. The van der Waals surface area contributed by atoms with Crippen molar-refractivity contribution >= 4 is 17.3 Å². The van der Waals surface area contributed by atoms with Gasteiger partial charge in [0.05, 0.1) is 6.54 Å². The van der Waals surface area contributed by atoms with Crippen molar-refractivity contribution in [3.8, 4) is 0 Å². The molecule has 1 aromatic rings. The lowest BCUT2D eigenvalue weighted by Crippen LogP contribution is -2.27. The van der Waals surface area contributed by atoms with E-state index in [-0.39, 0.29) is 5.91 Å². The van der Waals surface area contributed by atoms with Crippen LogP contribution in [-0.4, -0.2) is 31.4 Å². The number of nitrogens with one attached hydrogen (secondary N) is 1. The lowest BCUT2D eigenvalue weighted by atomic mass is 10.2. The molecule has 0 radical (unpaired) electrons. The van der Waals surface area contributed by atoms with Crippen molar-refractivity contribution in [2.24, 2.45) is 0 Å². The number of amides is 1. The molecule has 1 amide bonds. The molecule has 0 bridgehead atoms. The Hall–Kier alpha value is -1.55. The Morgan fingerprint density at radius 2 is 2.13 bits per heavy atom. The van der Waals surface area contributed by atoms with E-state index in [2.05, 4.69) is 5.32 Å². The van der Waals surface area contributed by atoms with Crippen LogP contribution in [0.1, 0.15) is 5.56 Å². The molecule has 0 atom stereocenters. The van der Waals surface area contributed by atoms with E-state index in [1.54, 1.807) is 6.07 Å². The van der Waals surface area contributed by atoms with Gasteiger partial charge in [0.2, 0.25) is 5.91 Å². The van der Waals surface area contributed by atoms with E-state index in [4.69, 9.17) is 5.73 Å². The maximum absolute atomic E-state index is 11.5. The molecule has 0 spiro atoms. The molecule has 3 N–H and O–H groups in total. The van der Waals surface area contributed by atoms with Crippen LogP contribution in [0.3, 0.4) is 0 Å². The van der Waals surface area contributed by atoms with E-state index in [9.17, 15) is 4.79 Å². The van der Waals surface area contributed by atoms with Crippen molar-refractivity contribution < 1.29 is 4.79 Å². The summed E-state index contributed by atoms with van der Waals surface area (Å²) in [6, 6.07) is 5.47. The molecule has 0 heterocycles. The lowest BCUT2D eigenvalue weighted by Gasteiger charge is -2.12. The van der Waals surface area contributed by atoms with Gasteiger partial charge in [-0.05, 0) is 38.7 Å². The molecule has 0 unspecified atom stereocenters. The quantitative estimate of drug-likeness (QED) is 0.729. The highest BCUT2D eigenvalue weighted by Crippen LogP contribution is 2.17. The number of benzene rings is 1. The van der Waals surface area contributed by atoms with Gasteiger partial charge in [-0.3, -0.25) is 4.79 Å². The Morgan fingerprint density at radius 1 is 1.47 bits per heavy atom. The van der Waals surface area contributed by atoms with Gasteiger partial charge in [-0.25, -0.2) is 0 Å². The van der Waals surface area contributed by atoms with E-state index < -0.39 is 0 Å². The van der Waals surface area contributed by atoms with Crippen molar-refractivity contribution in [2.75, 3.05) is 31.7 Å². The fraction of sp³-hybridized carbons (Fsp3) is 0.364. The lowest BCUT2D eigenvalue weighted by molar-refractivity contribution is -0.116. The Morgan fingerprint density at radius 3 is 2.73 bits per heavy atom. The van der Waals surface area contributed by atoms with Gasteiger partial charge in [0.15, 0.2) is 0 Å². The van der Waals surface area contributed by atoms with Gasteiger partial charge in [0, 0.05) is 11.4 Å². The van der Waals surface area contributed by atoms with Crippen molar-refractivity contribution in [2.45, 2.75) is 6.92 Å². The normalized spacial score (nSPS) is 10.4. The van der Waals surface area contributed by atoms with Crippen molar-refractivity contribution in [3.63, 3.8) is 0 Å². The summed E-state index contributed by atoms with van der Waals surface area (Å²) in [6.45, 7) is 2.30. The summed E-state index contributed by atoms with van der Waals surface area (Å²) in [5, 5.41) is 2.82. The highest BCUT2D eigenvalue weighted by atomic mass is 16.2. The summed E-state index contributed by atoms with van der Waals surface area (Å²) in [4.78, 5) is 13.3. The third-order valence-electron chi connectivity index (χ3n) is 2.00. The number of nitrogens with two attached hydrogens (primary N) is 1. The fourth-order valence-corrected chi connectivity index (χ4v) is 1.25. The minimum atomic E-state index is -0.0336. The monoisotopic (exact) mass is 207 g/mol. The second kappa shape index (κ2) is 4.79. The van der Waals surface area contributed by atoms with Crippen LogP contribution in [0.5, 0.6) is 0 Å². The summed E-state index contributed by atoms with van der Waals surface area (Å²) < 4.78 is 0. The Kier molecular flexibility index (Phi) is 3.68. The predicted octanol–water partition coefficient (Wildman–Crippen LogP) is 1.08. The number of nitrogen functional groups attached to an aromatic ring is 1. The number of likely N-dealkylation sites (N-methyl/N-ethyl adjacent to an activating group) is 1. The molecule has 15 heavy (non-hydrogen) atoms. The molecular formula is C11H17N3O. The molecule has 82 valence electrons. The Bertz CT molecular complexity index is 361. The average Bonchev–Trinajstić information content (AvgIpc) is 2.10. The van der Waals surface area contributed by atoms with Gasteiger partial charge in [0.1, 0.15) is 0 Å². The summed E-state index contributed by atoms with van der Waals surface area (Å²) >= 11 is 0. The number of carbonyl (C=O) groups excluding carboxylic acids is 1. The molecule has 1 rings (SSSR count). The van der Waals surface area contributed by atoms with Gasteiger partial charge in [0.25, 0.3) is 0 Å². The zero-order valence-electron chi connectivity index (χ0n) is 9.37. The topological polar surface area (TPSA) is 58.4 Å². The van der Waals surface area contributed by atoms with Crippen LogP contribution in [-0.2, 0) is 4.79 Å². The van der Waals surface area contributed by atoms with Crippen molar-refractivity contribution in [1.82, 2.24) is 4.90 Å². The number of anilines is 2. The maximum atomic E-state index is 11.5. The first kappa shape index (κ1) is 11.5. The second-order valence-electron chi connectivity index (χ2n) is 3.86. The number of carbonyl (C=O) groups is 1. The summed E-state index contributed by atoms with van der Waals surface area (Å²) in [5.41, 5.74) is 8.09. The van der Waals surface area contributed by atoms with Crippen LogP contribution in [0.15, 0.2) is 18.2 Å². The van der Waals surface area contributed by atoms with Gasteiger partial charge in [-0.1, -0.05) is 6.07 Å². The second-order valence-corrected chi connectivity index (χ2v) is 3.86. The van der Waals surface area contributed by atoms with Gasteiger partial charge >= 0.3 is 0 Å². The SMILES string of the molecule is Cc1ccc(N)cc1NC(=O)CN(C)C. The molecule has 0 aliphatic carbocycles. The minimum absolute atomic E-state index is 0.0336. The Labute approximate surface area is 90.1 Å². The highest BCUT2D eigenvalue weighted by Gasteiger charge is 2.05. The zero-order valence-corrected chi connectivity index (χ0v) is 9.37. The van der Waals surface area contributed by atoms with Gasteiger partial charge < -0.3 is 16.0 Å². The van der Waals surface area contributed by atoms with Crippen LogP contribution in [0.4, 0.5) is 11.4 Å². The van der Waals surface area contributed by atoms with Crippen LogP contribution in [0.25, 0.3) is 0 Å². The number of hydrogen-bond donors (Lipinski definition) is 2. The van der Waals surface area contributed by atoms with Gasteiger partial charge in [-0.2, -0.15) is 0 Å². The zero-order chi connectivity index (χ0) is 11.4. The molecule has 4 heteroatoms. The van der Waals surface area contributed by atoms with Crippen LogP contribution in [0.2, 0.25) is 0 Å². The number of hydrogen-bond acceptors (Lipinski definition) is 3. The van der Waals surface area contributed by atoms with E-state index in [1.807, 2.05) is 38.1 Å². The average molecular weight is 207 g/mol. The predicted molar refractivity (Wildman–Crippen MR) is 62.8 cm³/mol. The van der Waals surface area contributed by atoms with E-state index in [0.29, 0.717) is 12.2 Å². The molecule has 0 aliphatic heterocycles. The van der Waals surface area contributed by atoms with E-state index >= 15 is 0 Å². The standard InChI is InChI=1S/C11H17N3O/c1-8-4-5-9(12)6-10(8)13-11(15)7-14(2)3/h4-6H,7,12H2,1-3H3,(H,13,15). The third kappa shape index (κ3) is 3.59. The van der Waals surface area contributed by atoms with Crippen molar-refractivity contribution in [3.05, 3.63) is 23.8 Å². The maximum Gasteiger partial charge on any atom is 0.238 e. The molecule has 0 aromatic heterocycles. The first-order valence-corrected chi connectivity index (χ1v) is 4.80. The highest BCUT2D eigenvalue weighted by molar-refractivity contribution is 5.93. The molecule has 1 aromatic carbocycles. The number of rotatable bonds is 3. The smallest absolute Gasteiger partial charge is 0.238 e. The first-order chi connectivity index (χ1) is 6.99. The number of aryl methyl sites for hydroxylation is 1.